The summed E-state index contributed by atoms with van der Waals surface area (Å²) in [7, 11) is 4.14. The van der Waals surface area contributed by atoms with E-state index in [1.54, 1.807) is 0 Å². The van der Waals surface area contributed by atoms with Crippen LogP contribution in [0.25, 0.3) is 0 Å². The Morgan fingerprint density at radius 2 is 1.17 bits per heavy atom. The first-order valence-corrected chi connectivity index (χ1v) is 12.7. The fraction of sp³-hybridized carbons (Fsp3) is 0.960. The summed E-state index contributed by atoms with van der Waals surface area (Å²) in [6, 6.07) is 0. The number of nitrogens with zero attached hydrogens (tertiary/aromatic N) is 1. The highest BCUT2D eigenvalue weighted by molar-refractivity contribution is 5.75. The van der Waals surface area contributed by atoms with E-state index in [-0.39, 0.29) is 24.8 Å². The molecule has 0 aliphatic heterocycles. The predicted molar refractivity (Wildman–Crippen MR) is 131 cm³/mol. The highest BCUT2D eigenvalue weighted by atomic mass is 16.3. The molecule has 0 radical (unpaired) electrons. The molecule has 5 nitrogen and oxygen atoms in total. The molecule has 0 saturated carbocycles. The third kappa shape index (κ3) is 18.1. The maximum Gasteiger partial charge on any atom is 0.224 e. The number of likely N-dealkylation sites (N-methyl/N-ethyl adjacent to an activating group) is 1. The summed E-state index contributed by atoms with van der Waals surface area (Å²) in [6.45, 7) is 5.19. The molecular formula is C25H56N3O2+. The number of hydrogen-bond acceptors (Lipinski definition) is 3. The molecule has 0 aromatic rings. The summed E-state index contributed by atoms with van der Waals surface area (Å²) < 4.78 is 0.637. The number of carbonyl (C=O) groups excluding carboxylic acids is 1. The van der Waals surface area contributed by atoms with Crippen LogP contribution >= 0.6 is 0 Å². The maximum atomic E-state index is 12.2. The number of carbonyl (C=O) groups is 1. The lowest BCUT2D eigenvalue weighted by Gasteiger charge is -2.37. The average molecular weight is 431 g/mol. The van der Waals surface area contributed by atoms with Gasteiger partial charge in [-0.25, -0.2) is 0 Å². The Morgan fingerprint density at radius 3 is 1.53 bits per heavy atom. The summed E-state index contributed by atoms with van der Waals surface area (Å²) in [5.41, 5.74) is 0. The molecule has 0 aromatic carbocycles. The molecule has 1 amide bonds. The van der Waals surface area contributed by atoms with Gasteiger partial charge in [-0.1, -0.05) is 104 Å². The van der Waals surface area contributed by atoms with Gasteiger partial charge in [0.05, 0.1) is 20.7 Å². The monoisotopic (exact) mass is 430 g/mol. The van der Waals surface area contributed by atoms with Crippen LogP contribution in [0, 0.1) is 0 Å². The molecule has 0 aliphatic carbocycles. The van der Waals surface area contributed by atoms with Gasteiger partial charge in [-0.3, -0.25) is 4.79 Å². The van der Waals surface area contributed by atoms with Crippen LogP contribution < -0.4 is 11.5 Å². The average Bonchev–Trinajstić information content (AvgIpc) is 2.68. The Balaban J connectivity index is 0. The van der Waals surface area contributed by atoms with Crippen molar-refractivity contribution in [2.75, 3.05) is 27.2 Å². The standard InChI is InChI=1S/C25H52N2O2.H3N/c1-5-7-8-9-10-11-12-13-14-15-16-17-18-19-20-21-25(29)26-24(6-2)27(3,4)22-23-28;/h24,28H,5-23H2,1-4H3;1H3/p+1. The Kier molecular flexibility index (Phi) is 22.7. The molecule has 0 saturated heterocycles. The zero-order valence-electron chi connectivity index (χ0n) is 21.0. The fourth-order valence-electron chi connectivity index (χ4n) is 4.10. The van der Waals surface area contributed by atoms with Crippen molar-refractivity contribution in [1.82, 2.24) is 11.5 Å². The number of rotatable bonds is 21. The number of aliphatic hydroxyl groups is 1. The second kappa shape index (κ2) is 21.6. The first-order chi connectivity index (χ1) is 14.0. The van der Waals surface area contributed by atoms with Gasteiger partial charge in [0.25, 0.3) is 0 Å². The maximum absolute atomic E-state index is 12.2. The number of hydrogen-bond donors (Lipinski definition) is 3. The molecule has 5 N–H and O–H groups in total. The molecule has 1 atom stereocenters. The van der Waals surface area contributed by atoms with Gasteiger partial charge in [0.2, 0.25) is 5.91 Å². The second-order valence-corrected chi connectivity index (χ2v) is 9.42. The Labute approximate surface area is 188 Å². The van der Waals surface area contributed by atoms with Crippen molar-refractivity contribution < 1.29 is 14.4 Å². The molecule has 0 rings (SSSR count). The van der Waals surface area contributed by atoms with E-state index in [9.17, 15) is 9.90 Å². The topological polar surface area (TPSA) is 84.3 Å². The van der Waals surface area contributed by atoms with Crippen LogP contribution in [0.15, 0.2) is 0 Å². The van der Waals surface area contributed by atoms with Crippen LogP contribution in [0.4, 0.5) is 0 Å². The molecule has 182 valence electrons. The summed E-state index contributed by atoms with van der Waals surface area (Å²) in [5.74, 6) is 0.163. The van der Waals surface area contributed by atoms with Crippen molar-refractivity contribution in [2.45, 2.75) is 129 Å². The van der Waals surface area contributed by atoms with Crippen molar-refractivity contribution in [3.05, 3.63) is 0 Å². The highest BCUT2D eigenvalue weighted by Gasteiger charge is 2.27. The number of unbranched alkanes of at least 4 members (excludes halogenated alkanes) is 14. The van der Waals surface area contributed by atoms with Crippen molar-refractivity contribution in [3.8, 4) is 0 Å². The highest BCUT2D eigenvalue weighted by Crippen LogP contribution is 2.14. The van der Waals surface area contributed by atoms with Crippen molar-refractivity contribution in [2.24, 2.45) is 0 Å². The zero-order chi connectivity index (χ0) is 21.8. The van der Waals surface area contributed by atoms with Crippen molar-refractivity contribution in [1.29, 1.82) is 0 Å². The fourth-order valence-corrected chi connectivity index (χ4v) is 4.10. The van der Waals surface area contributed by atoms with Crippen molar-refractivity contribution >= 4 is 5.91 Å². The summed E-state index contributed by atoms with van der Waals surface area (Å²) >= 11 is 0. The van der Waals surface area contributed by atoms with E-state index in [1.165, 1.54) is 83.5 Å². The lowest BCUT2D eigenvalue weighted by atomic mass is 10.0. The molecule has 1 unspecified atom stereocenters. The Hall–Kier alpha value is -0.650. The summed E-state index contributed by atoms with van der Waals surface area (Å²) in [5, 5.41) is 12.4. The molecule has 0 fully saturated rings. The molecule has 0 spiro atoms. The zero-order valence-corrected chi connectivity index (χ0v) is 21.0. The summed E-state index contributed by atoms with van der Waals surface area (Å²) in [4.78, 5) is 12.2. The molecule has 5 heteroatoms. The van der Waals surface area contributed by atoms with Gasteiger partial charge in [0.1, 0.15) is 6.54 Å². The molecular weight excluding hydrogens is 374 g/mol. The van der Waals surface area contributed by atoms with Gasteiger partial charge < -0.3 is 21.1 Å². The van der Waals surface area contributed by atoms with Crippen LogP contribution in [0.5, 0.6) is 0 Å². The molecule has 0 aromatic heterocycles. The van der Waals surface area contributed by atoms with Crippen molar-refractivity contribution in [3.63, 3.8) is 0 Å². The minimum atomic E-state index is 0. The van der Waals surface area contributed by atoms with Crippen LogP contribution in [-0.2, 0) is 4.79 Å². The number of aliphatic hydroxyl groups excluding tert-OH is 1. The van der Waals surface area contributed by atoms with Gasteiger partial charge in [0.15, 0.2) is 6.17 Å². The lowest BCUT2D eigenvalue weighted by molar-refractivity contribution is -0.917. The quantitative estimate of drug-likeness (QED) is 0.113. The Morgan fingerprint density at radius 1 is 0.767 bits per heavy atom. The molecule has 0 aliphatic rings. The number of nitrogens with one attached hydrogen (secondary N) is 1. The van der Waals surface area contributed by atoms with E-state index in [1.807, 2.05) is 0 Å². The van der Waals surface area contributed by atoms with Gasteiger partial charge in [-0.2, -0.15) is 0 Å². The van der Waals surface area contributed by atoms with E-state index >= 15 is 0 Å². The van der Waals surface area contributed by atoms with Crippen LogP contribution in [-0.4, -0.2) is 48.9 Å². The second-order valence-electron chi connectivity index (χ2n) is 9.42. The van der Waals surface area contributed by atoms with E-state index in [4.69, 9.17) is 0 Å². The van der Waals surface area contributed by atoms with Gasteiger partial charge >= 0.3 is 0 Å². The number of quaternary nitrogens is 1. The third-order valence-electron chi connectivity index (χ3n) is 6.24. The first kappa shape index (κ1) is 31.5. The summed E-state index contributed by atoms with van der Waals surface area (Å²) in [6.07, 6.45) is 21.8. The minimum Gasteiger partial charge on any atom is -0.391 e. The number of amides is 1. The SMILES string of the molecule is CCCCCCCCCCCCCCCCCC(=O)NC(CC)[N+](C)(C)CCO.N. The third-order valence-corrected chi connectivity index (χ3v) is 6.24. The van der Waals surface area contributed by atoms with Gasteiger partial charge in [-0.15, -0.1) is 0 Å². The largest absolute Gasteiger partial charge is 0.391 e. The van der Waals surface area contributed by atoms with Crippen LogP contribution in [0.1, 0.15) is 123 Å². The normalized spacial score (nSPS) is 12.4. The molecule has 0 bridgehead atoms. The molecule has 0 heterocycles. The smallest absolute Gasteiger partial charge is 0.224 e. The van der Waals surface area contributed by atoms with Gasteiger partial charge in [-0.05, 0) is 6.42 Å². The van der Waals surface area contributed by atoms with Crippen LogP contribution in [0.3, 0.4) is 0 Å². The predicted octanol–water partition coefficient (Wildman–Crippen LogP) is 6.33. The lowest BCUT2D eigenvalue weighted by Crippen LogP contribution is -2.58. The Bertz CT molecular complexity index is 375. The van der Waals surface area contributed by atoms with E-state index in [2.05, 4.69) is 33.3 Å². The van der Waals surface area contributed by atoms with E-state index in [0.717, 1.165) is 19.3 Å². The minimum absolute atomic E-state index is 0. The van der Waals surface area contributed by atoms with E-state index < -0.39 is 0 Å². The first-order valence-electron chi connectivity index (χ1n) is 12.7. The molecule has 30 heavy (non-hydrogen) atoms. The van der Waals surface area contributed by atoms with Gasteiger partial charge in [0, 0.05) is 12.8 Å². The van der Waals surface area contributed by atoms with Crippen LogP contribution in [0.2, 0.25) is 0 Å². The van der Waals surface area contributed by atoms with E-state index in [0.29, 0.717) is 17.4 Å².